The van der Waals surface area contributed by atoms with E-state index >= 15 is 0 Å². The van der Waals surface area contributed by atoms with E-state index in [9.17, 15) is 13.2 Å². The quantitative estimate of drug-likeness (QED) is 0.229. The summed E-state index contributed by atoms with van der Waals surface area (Å²) in [4.78, 5) is 11.4. The number of rotatable bonds is 16. The summed E-state index contributed by atoms with van der Waals surface area (Å²) in [7, 11) is -3.53. The number of allylic oxidation sites excluding steroid dienone is 1. The first kappa shape index (κ1) is 24.0. The Hall–Kier alpha value is -1.08. The summed E-state index contributed by atoms with van der Waals surface area (Å²) in [5, 5.41) is 2.57. The second-order valence-electron chi connectivity index (χ2n) is 7.36. The molecule has 1 saturated heterocycles. The average Bonchev–Trinajstić information content (AvgIpc) is 2.96. The molecule has 1 amide bonds. The van der Waals surface area contributed by atoms with Gasteiger partial charge in [0.2, 0.25) is 0 Å². The first-order chi connectivity index (χ1) is 12.9. The van der Waals surface area contributed by atoms with Crippen molar-refractivity contribution in [2.75, 3.05) is 12.9 Å². The Balaban J connectivity index is 2.04. The molecule has 0 aromatic rings. The number of unbranched alkanes of at least 4 members (excludes halogenated alkanes) is 11. The van der Waals surface area contributed by atoms with E-state index in [4.69, 9.17) is 8.92 Å². The molecule has 0 spiro atoms. The van der Waals surface area contributed by atoms with Gasteiger partial charge in [0.1, 0.15) is 6.10 Å². The molecular weight excluding hydrogens is 366 g/mol. The second kappa shape index (κ2) is 14.0. The van der Waals surface area contributed by atoms with Gasteiger partial charge in [-0.25, -0.2) is 4.79 Å². The molecule has 1 aliphatic rings. The maximum atomic E-state index is 11.4. The van der Waals surface area contributed by atoms with Crippen molar-refractivity contribution in [2.24, 2.45) is 0 Å². The van der Waals surface area contributed by atoms with Gasteiger partial charge in [0, 0.05) is 0 Å². The zero-order valence-electron chi connectivity index (χ0n) is 17.0. The highest BCUT2D eigenvalue weighted by atomic mass is 32.2. The molecule has 7 heteroatoms. The molecule has 0 aromatic carbocycles. The number of ether oxygens (including phenoxy) is 1. The highest BCUT2D eigenvalue weighted by Gasteiger charge is 2.33. The van der Waals surface area contributed by atoms with Crippen LogP contribution in [0.15, 0.2) is 12.2 Å². The number of cyclic esters (lactones) is 1. The Kier molecular flexibility index (Phi) is 12.4. The summed E-state index contributed by atoms with van der Waals surface area (Å²) in [5.41, 5.74) is 0. The highest BCUT2D eigenvalue weighted by molar-refractivity contribution is 7.85. The van der Waals surface area contributed by atoms with Gasteiger partial charge in [0.25, 0.3) is 10.1 Å². The van der Waals surface area contributed by atoms with E-state index in [1.807, 2.05) is 12.2 Å². The van der Waals surface area contributed by atoms with Crippen molar-refractivity contribution in [3.8, 4) is 0 Å². The third-order valence-electron chi connectivity index (χ3n) is 4.70. The Morgan fingerprint density at radius 1 is 1.00 bits per heavy atom. The molecule has 6 nitrogen and oxygen atoms in total. The monoisotopic (exact) mass is 403 g/mol. The summed E-state index contributed by atoms with van der Waals surface area (Å²) in [5.74, 6) is 0. The first-order valence-electron chi connectivity index (χ1n) is 10.4. The predicted octanol–water partition coefficient (Wildman–Crippen LogP) is 4.70. The molecule has 1 heterocycles. The first-order valence-corrected chi connectivity index (χ1v) is 12.2. The lowest BCUT2D eigenvalue weighted by atomic mass is 10.0. The minimum absolute atomic E-state index is 0.113. The molecule has 0 unspecified atom stereocenters. The SMILES string of the molecule is CCCCCCCCCCCCC/C=C/[C@H]1OC(=O)N[C@H]1COS(C)(=O)=O. The molecule has 0 aromatic heterocycles. The lowest BCUT2D eigenvalue weighted by molar-refractivity contribution is 0.147. The summed E-state index contributed by atoms with van der Waals surface area (Å²) >= 11 is 0. The van der Waals surface area contributed by atoms with Crippen LogP contribution in [0.4, 0.5) is 4.79 Å². The van der Waals surface area contributed by atoms with Gasteiger partial charge in [0.15, 0.2) is 0 Å². The van der Waals surface area contributed by atoms with Gasteiger partial charge in [-0.2, -0.15) is 8.42 Å². The number of carbonyl (C=O) groups is 1. The smallest absolute Gasteiger partial charge is 0.408 e. The van der Waals surface area contributed by atoms with Crippen LogP contribution < -0.4 is 5.32 Å². The van der Waals surface area contributed by atoms with E-state index in [1.165, 1.54) is 64.2 Å². The van der Waals surface area contributed by atoms with Gasteiger partial charge < -0.3 is 10.1 Å². The van der Waals surface area contributed by atoms with Crippen molar-refractivity contribution in [1.82, 2.24) is 5.32 Å². The molecule has 0 radical (unpaired) electrons. The fraction of sp³-hybridized carbons (Fsp3) is 0.850. The lowest BCUT2D eigenvalue weighted by Gasteiger charge is -2.12. The van der Waals surface area contributed by atoms with Gasteiger partial charge in [-0.05, 0) is 18.9 Å². The van der Waals surface area contributed by atoms with Crippen LogP contribution in [0.3, 0.4) is 0 Å². The Morgan fingerprint density at radius 2 is 1.56 bits per heavy atom. The number of amides is 1. The van der Waals surface area contributed by atoms with Crippen molar-refractivity contribution in [3.63, 3.8) is 0 Å². The van der Waals surface area contributed by atoms with E-state index in [0.29, 0.717) is 0 Å². The van der Waals surface area contributed by atoms with Crippen LogP contribution in [-0.2, 0) is 19.0 Å². The number of carbonyl (C=O) groups excluding carboxylic acids is 1. The van der Waals surface area contributed by atoms with Crippen LogP contribution in [0.25, 0.3) is 0 Å². The molecule has 1 rings (SSSR count). The number of hydrogen-bond donors (Lipinski definition) is 1. The molecule has 158 valence electrons. The fourth-order valence-electron chi connectivity index (χ4n) is 3.14. The molecular formula is C20H37NO5S. The lowest BCUT2D eigenvalue weighted by Crippen LogP contribution is -2.36. The van der Waals surface area contributed by atoms with Crippen molar-refractivity contribution in [3.05, 3.63) is 12.2 Å². The third kappa shape index (κ3) is 12.8. The zero-order valence-corrected chi connectivity index (χ0v) is 17.8. The van der Waals surface area contributed by atoms with Crippen molar-refractivity contribution in [2.45, 2.75) is 96.1 Å². The summed E-state index contributed by atoms with van der Waals surface area (Å²) in [6, 6.07) is -0.471. The highest BCUT2D eigenvalue weighted by Crippen LogP contribution is 2.14. The van der Waals surface area contributed by atoms with E-state index in [0.717, 1.165) is 19.1 Å². The standard InChI is InChI=1S/C20H37NO5S/c1-3-4-5-6-7-8-9-10-11-12-13-14-15-16-19-18(21-20(22)26-19)17-25-27(2,23)24/h15-16,18-19H,3-14,17H2,1-2H3,(H,21,22)/b16-15+/t18-,19+/m0/s1. The second-order valence-corrected chi connectivity index (χ2v) is 9.01. The predicted molar refractivity (Wildman–Crippen MR) is 108 cm³/mol. The Morgan fingerprint density at radius 3 is 2.11 bits per heavy atom. The molecule has 1 fully saturated rings. The Bertz CT molecular complexity index is 532. The van der Waals surface area contributed by atoms with Crippen molar-refractivity contribution in [1.29, 1.82) is 0 Å². The summed E-state index contributed by atoms with van der Waals surface area (Å²) in [6.07, 6.45) is 19.2. The number of hydrogen-bond acceptors (Lipinski definition) is 5. The van der Waals surface area contributed by atoms with E-state index in [-0.39, 0.29) is 6.61 Å². The normalized spacial score (nSPS) is 20.1. The van der Waals surface area contributed by atoms with Crippen LogP contribution in [0.5, 0.6) is 0 Å². The molecule has 0 saturated carbocycles. The minimum Gasteiger partial charge on any atom is -0.440 e. The molecule has 2 atom stereocenters. The molecule has 1 N–H and O–H groups in total. The number of nitrogens with one attached hydrogen (secondary N) is 1. The van der Waals surface area contributed by atoms with Crippen LogP contribution >= 0.6 is 0 Å². The number of alkyl carbamates (subject to hydrolysis) is 1. The van der Waals surface area contributed by atoms with Gasteiger partial charge in [-0.1, -0.05) is 77.2 Å². The van der Waals surface area contributed by atoms with Gasteiger partial charge >= 0.3 is 6.09 Å². The van der Waals surface area contributed by atoms with Crippen LogP contribution in [-0.4, -0.2) is 39.5 Å². The molecule has 0 bridgehead atoms. The summed E-state index contributed by atoms with van der Waals surface area (Å²) < 4.78 is 32.0. The maximum absolute atomic E-state index is 11.4. The fourth-order valence-corrected chi connectivity index (χ4v) is 3.53. The van der Waals surface area contributed by atoms with Gasteiger partial charge in [-0.3, -0.25) is 4.18 Å². The van der Waals surface area contributed by atoms with Crippen LogP contribution in [0, 0.1) is 0 Å². The molecule has 1 aliphatic heterocycles. The molecule has 0 aliphatic carbocycles. The Labute approximate surface area is 165 Å². The van der Waals surface area contributed by atoms with E-state index in [2.05, 4.69) is 12.2 Å². The third-order valence-corrected chi connectivity index (χ3v) is 5.27. The van der Waals surface area contributed by atoms with Crippen LogP contribution in [0.1, 0.15) is 84.0 Å². The summed E-state index contributed by atoms with van der Waals surface area (Å²) in [6.45, 7) is 2.14. The van der Waals surface area contributed by atoms with Crippen LogP contribution in [0.2, 0.25) is 0 Å². The zero-order chi connectivity index (χ0) is 20.0. The molecule has 27 heavy (non-hydrogen) atoms. The van der Waals surface area contributed by atoms with Gasteiger partial charge in [0.05, 0.1) is 18.9 Å². The van der Waals surface area contributed by atoms with Gasteiger partial charge in [-0.15, -0.1) is 0 Å². The van der Waals surface area contributed by atoms with Crippen molar-refractivity contribution < 1.29 is 22.1 Å². The largest absolute Gasteiger partial charge is 0.440 e. The average molecular weight is 404 g/mol. The van der Waals surface area contributed by atoms with E-state index < -0.39 is 28.4 Å². The minimum atomic E-state index is -3.53. The van der Waals surface area contributed by atoms with E-state index in [1.54, 1.807) is 0 Å². The van der Waals surface area contributed by atoms with Crippen molar-refractivity contribution >= 4 is 16.2 Å². The maximum Gasteiger partial charge on any atom is 0.408 e. The topological polar surface area (TPSA) is 81.7 Å².